The highest BCUT2D eigenvalue weighted by Crippen LogP contribution is 2.34. The largest absolute Gasteiger partial charge is 0.357 e. The number of nitrogens with one attached hydrogen (secondary N) is 2. The number of benzene rings is 1. The molecule has 0 atom stereocenters. The second-order valence-corrected chi connectivity index (χ2v) is 4.94. The molecule has 2 nitrogen and oxygen atoms in total. The molecule has 1 aliphatic rings. The lowest BCUT2D eigenvalue weighted by Gasteiger charge is -2.31. The lowest BCUT2D eigenvalue weighted by Crippen LogP contribution is -2.42. The summed E-state index contributed by atoms with van der Waals surface area (Å²) in [5.41, 5.74) is 3.07. The summed E-state index contributed by atoms with van der Waals surface area (Å²) in [7, 11) is 0. The zero-order valence-corrected chi connectivity index (χ0v) is 9.52. The molecule has 0 fully saturated rings. The first-order chi connectivity index (χ1) is 7.59. The highest BCUT2D eigenvalue weighted by Gasteiger charge is 2.30. The zero-order valence-electron chi connectivity index (χ0n) is 9.52. The van der Waals surface area contributed by atoms with Gasteiger partial charge in [-0.2, -0.15) is 0 Å². The Morgan fingerprint density at radius 3 is 2.94 bits per heavy atom. The summed E-state index contributed by atoms with van der Waals surface area (Å²) in [6, 6.07) is 5.22. The van der Waals surface area contributed by atoms with Gasteiger partial charge < -0.3 is 10.3 Å². The molecule has 0 saturated heterocycles. The van der Waals surface area contributed by atoms with Crippen molar-refractivity contribution in [2.45, 2.75) is 25.8 Å². The zero-order chi connectivity index (χ0) is 11.3. The minimum atomic E-state index is -0.118. The van der Waals surface area contributed by atoms with Crippen LogP contribution in [0.1, 0.15) is 25.1 Å². The summed E-state index contributed by atoms with van der Waals surface area (Å²) in [6.07, 6.45) is 0.889. The maximum Gasteiger partial charge on any atom is 0.132 e. The van der Waals surface area contributed by atoms with E-state index in [-0.39, 0.29) is 11.4 Å². The quantitative estimate of drug-likeness (QED) is 0.699. The van der Waals surface area contributed by atoms with Crippen molar-refractivity contribution >= 4 is 10.9 Å². The average Bonchev–Trinajstić information content (AvgIpc) is 2.59. The van der Waals surface area contributed by atoms with Crippen molar-refractivity contribution in [3.63, 3.8) is 0 Å². The van der Waals surface area contributed by atoms with Crippen LogP contribution < -0.4 is 5.32 Å². The van der Waals surface area contributed by atoms with E-state index in [4.69, 9.17) is 0 Å². The highest BCUT2D eigenvalue weighted by atomic mass is 19.1. The van der Waals surface area contributed by atoms with Crippen LogP contribution in [-0.4, -0.2) is 11.5 Å². The normalized spacial score (nSPS) is 18.7. The molecule has 16 heavy (non-hydrogen) atoms. The predicted octanol–water partition coefficient (Wildman–Crippen LogP) is 2.69. The molecular weight excluding hydrogens is 203 g/mol. The van der Waals surface area contributed by atoms with E-state index >= 15 is 0 Å². The van der Waals surface area contributed by atoms with Gasteiger partial charge in [-0.05, 0) is 38.0 Å². The Morgan fingerprint density at radius 2 is 2.12 bits per heavy atom. The molecule has 3 heteroatoms. The molecule has 1 aromatic heterocycles. The van der Waals surface area contributed by atoms with Gasteiger partial charge in [0.05, 0.1) is 5.54 Å². The number of halogens is 1. The third-order valence-corrected chi connectivity index (χ3v) is 3.44. The van der Waals surface area contributed by atoms with E-state index in [1.807, 2.05) is 6.07 Å². The first-order valence-corrected chi connectivity index (χ1v) is 5.64. The van der Waals surface area contributed by atoms with Gasteiger partial charge in [0.2, 0.25) is 0 Å². The molecule has 84 valence electrons. The fourth-order valence-electron chi connectivity index (χ4n) is 2.64. The molecular formula is C13H15FN2. The second-order valence-electron chi connectivity index (χ2n) is 4.94. The molecule has 2 heterocycles. The minimum absolute atomic E-state index is 0.0982. The van der Waals surface area contributed by atoms with Crippen LogP contribution in [-0.2, 0) is 12.0 Å². The van der Waals surface area contributed by atoms with Crippen LogP contribution in [0.4, 0.5) is 4.39 Å². The number of aromatic nitrogens is 1. The van der Waals surface area contributed by atoms with Crippen molar-refractivity contribution < 1.29 is 4.39 Å². The maximum absolute atomic E-state index is 13.8. The predicted molar refractivity (Wildman–Crippen MR) is 63.0 cm³/mol. The summed E-state index contributed by atoms with van der Waals surface area (Å²) in [4.78, 5) is 3.34. The summed E-state index contributed by atoms with van der Waals surface area (Å²) in [5, 5.41) is 4.21. The lowest BCUT2D eigenvalue weighted by molar-refractivity contribution is 0.374. The summed E-state index contributed by atoms with van der Waals surface area (Å²) in [6.45, 7) is 5.15. The number of H-pyrrole nitrogens is 1. The molecule has 0 saturated carbocycles. The van der Waals surface area contributed by atoms with Crippen molar-refractivity contribution in [1.29, 1.82) is 0 Å². The number of fused-ring (bicyclic) bond motifs is 3. The van der Waals surface area contributed by atoms with E-state index in [1.165, 1.54) is 6.07 Å². The number of rotatable bonds is 0. The molecule has 0 unspecified atom stereocenters. The Labute approximate surface area is 93.9 Å². The number of hydrogen-bond acceptors (Lipinski definition) is 1. The Hall–Kier alpha value is -1.35. The van der Waals surface area contributed by atoms with Gasteiger partial charge in [0.25, 0.3) is 0 Å². The van der Waals surface area contributed by atoms with Crippen LogP contribution in [0.5, 0.6) is 0 Å². The number of hydrogen-bond donors (Lipinski definition) is 2. The highest BCUT2D eigenvalue weighted by molar-refractivity contribution is 5.86. The Balaban J connectivity index is 2.38. The molecule has 0 amide bonds. The third-order valence-electron chi connectivity index (χ3n) is 3.44. The van der Waals surface area contributed by atoms with Crippen molar-refractivity contribution in [2.75, 3.05) is 6.54 Å². The van der Waals surface area contributed by atoms with Crippen LogP contribution in [0, 0.1) is 5.82 Å². The van der Waals surface area contributed by atoms with Crippen LogP contribution in [0.2, 0.25) is 0 Å². The molecule has 0 spiro atoms. The topological polar surface area (TPSA) is 27.8 Å². The van der Waals surface area contributed by atoms with Crippen molar-refractivity contribution in [3.8, 4) is 0 Å². The van der Waals surface area contributed by atoms with Gasteiger partial charge in [-0.25, -0.2) is 4.39 Å². The first kappa shape index (κ1) is 9.85. The maximum atomic E-state index is 13.8. The van der Waals surface area contributed by atoms with Crippen LogP contribution in [0.3, 0.4) is 0 Å². The van der Waals surface area contributed by atoms with E-state index in [9.17, 15) is 4.39 Å². The molecule has 0 bridgehead atoms. The van der Waals surface area contributed by atoms with Crippen LogP contribution in [0.25, 0.3) is 10.9 Å². The Kier molecular flexibility index (Phi) is 1.89. The van der Waals surface area contributed by atoms with Crippen molar-refractivity contribution in [1.82, 2.24) is 10.3 Å². The average molecular weight is 218 g/mol. The SMILES string of the molecule is CC1(C)NCCc2c1[nH]c1cccc(F)c21. The van der Waals surface area contributed by atoms with E-state index in [0.29, 0.717) is 0 Å². The van der Waals surface area contributed by atoms with Gasteiger partial charge in [0, 0.05) is 23.1 Å². The molecule has 1 aliphatic heterocycles. The Bertz CT molecular complexity index is 554. The van der Waals surface area contributed by atoms with Crippen molar-refractivity contribution in [3.05, 3.63) is 35.3 Å². The van der Waals surface area contributed by atoms with Gasteiger partial charge in [-0.1, -0.05) is 6.07 Å². The summed E-state index contributed by atoms with van der Waals surface area (Å²) in [5.74, 6) is -0.118. The fourth-order valence-corrected chi connectivity index (χ4v) is 2.64. The molecule has 3 rings (SSSR count). The smallest absolute Gasteiger partial charge is 0.132 e. The molecule has 0 radical (unpaired) electrons. The van der Waals surface area contributed by atoms with Gasteiger partial charge >= 0.3 is 0 Å². The van der Waals surface area contributed by atoms with Crippen molar-refractivity contribution in [2.24, 2.45) is 0 Å². The fraction of sp³-hybridized carbons (Fsp3) is 0.385. The lowest BCUT2D eigenvalue weighted by atomic mass is 9.90. The van der Waals surface area contributed by atoms with E-state index in [0.717, 1.165) is 35.1 Å². The van der Waals surface area contributed by atoms with Gasteiger partial charge in [-0.15, -0.1) is 0 Å². The third kappa shape index (κ3) is 1.21. The van der Waals surface area contributed by atoms with Crippen LogP contribution in [0.15, 0.2) is 18.2 Å². The Morgan fingerprint density at radius 1 is 1.31 bits per heavy atom. The van der Waals surface area contributed by atoms with E-state index < -0.39 is 0 Å². The van der Waals surface area contributed by atoms with E-state index in [1.54, 1.807) is 6.07 Å². The second kappa shape index (κ2) is 3.08. The molecule has 1 aromatic carbocycles. The van der Waals surface area contributed by atoms with Gasteiger partial charge in [0.15, 0.2) is 0 Å². The monoisotopic (exact) mass is 218 g/mol. The minimum Gasteiger partial charge on any atom is -0.357 e. The van der Waals surface area contributed by atoms with Crippen LogP contribution >= 0.6 is 0 Å². The van der Waals surface area contributed by atoms with Gasteiger partial charge in [-0.3, -0.25) is 0 Å². The molecule has 2 aromatic rings. The molecule has 0 aliphatic carbocycles. The van der Waals surface area contributed by atoms with Gasteiger partial charge in [0.1, 0.15) is 5.82 Å². The summed E-state index contributed by atoms with van der Waals surface area (Å²) >= 11 is 0. The van der Waals surface area contributed by atoms with E-state index in [2.05, 4.69) is 24.1 Å². The number of aromatic amines is 1. The standard InChI is InChI=1S/C13H15FN2/c1-13(2)12-8(6-7-15-13)11-9(14)4-3-5-10(11)16-12/h3-5,15-16H,6-7H2,1-2H3. The summed E-state index contributed by atoms with van der Waals surface area (Å²) < 4.78 is 13.8. The molecule has 2 N–H and O–H groups in total. The first-order valence-electron chi connectivity index (χ1n) is 5.64.